The van der Waals surface area contributed by atoms with Crippen LogP contribution < -0.4 is 16.4 Å². The number of halogens is 2. The van der Waals surface area contributed by atoms with E-state index >= 15 is 0 Å². The number of primary amides is 1. The first-order chi connectivity index (χ1) is 9.47. The van der Waals surface area contributed by atoms with E-state index in [-0.39, 0.29) is 17.4 Å². The number of amides is 1. The Balaban J connectivity index is 2.09. The molecule has 0 aliphatic carbocycles. The highest BCUT2D eigenvalue weighted by Gasteiger charge is 2.24. The van der Waals surface area contributed by atoms with E-state index in [1.807, 2.05) is 4.90 Å². The lowest BCUT2D eigenvalue weighted by molar-refractivity contribution is -0.119. The van der Waals surface area contributed by atoms with E-state index in [0.717, 1.165) is 12.8 Å². The molecule has 0 bridgehead atoms. The summed E-state index contributed by atoms with van der Waals surface area (Å²) in [6.45, 7) is 1.31. The van der Waals surface area contributed by atoms with Crippen molar-refractivity contribution in [1.29, 1.82) is 0 Å². The summed E-state index contributed by atoms with van der Waals surface area (Å²) in [5.41, 5.74) is 11.6. The molecule has 2 rings (SSSR count). The third-order valence-electron chi connectivity index (χ3n) is 3.73. The summed E-state index contributed by atoms with van der Waals surface area (Å²) >= 11 is 0. The maximum absolute atomic E-state index is 13.1. The van der Waals surface area contributed by atoms with Gasteiger partial charge in [-0.3, -0.25) is 4.79 Å². The molecule has 1 heterocycles. The maximum Gasteiger partial charge on any atom is 0.265 e. The van der Waals surface area contributed by atoms with Crippen LogP contribution in [0.4, 0.5) is 20.2 Å². The number of nitrogens with zero attached hydrogens (tertiary/aromatic N) is 1. The number of hydrogen-bond acceptors (Lipinski definition) is 3. The van der Waals surface area contributed by atoms with Crippen molar-refractivity contribution in [3.8, 4) is 0 Å². The SMILES string of the molecule is NC(=O)CC1CCN(c2ccc(N)cc2C(F)F)CC1. The summed E-state index contributed by atoms with van der Waals surface area (Å²) in [5.74, 6) is -0.0447. The number of benzene rings is 1. The first-order valence-electron chi connectivity index (χ1n) is 6.68. The molecular formula is C14H19F2N3O. The van der Waals surface area contributed by atoms with Gasteiger partial charge in [-0.1, -0.05) is 0 Å². The minimum atomic E-state index is -2.54. The van der Waals surface area contributed by atoms with Crippen LogP contribution in [0.1, 0.15) is 31.3 Å². The first kappa shape index (κ1) is 14.6. The highest BCUT2D eigenvalue weighted by Crippen LogP contribution is 2.34. The van der Waals surface area contributed by atoms with E-state index in [1.165, 1.54) is 6.07 Å². The van der Waals surface area contributed by atoms with Crippen molar-refractivity contribution in [1.82, 2.24) is 0 Å². The van der Waals surface area contributed by atoms with Crippen molar-refractivity contribution in [2.75, 3.05) is 23.7 Å². The van der Waals surface area contributed by atoms with Gasteiger partial charge in [0.05, 0.1) is 0 Å². The van der Waals surface area contributed by atoms with Gasteiger partial charge in [0.2, 0.25) is 5.91 Å². The largest absolute Gasteiger partial charge is 0.399 e. The van der Waals surface area contributed by atoms with E-state index in [9.17, 15) is 13.6 Å². The fraction of sp³-hybridized carbons (Fsp3) is 0.500. The van der Waals surface area contributed by atoms with Crippen molar-refractivity contribution in [2.45, 2.75) is 25.7 Å². The minimum absolute atomic E-state index is 0.0293. The Hall–Kier alpha value is -1.85. The number of hydrogen-bond donors (Lipinski definition) is 2. The van der Waals surface area contributed by atoms with E-state index in [0.29, 0.717) is 30.9 Å². The molecule has 1 aromatic carbocycles. The van der Waals surface area contributed by atoms with Crippen LogP contribution in [0.2, 0.25) is 0 Å². The summed E-state index contributed by atoms with van der Waals surface area (Å²) in [7, 11) is 0. The molecule has 0 aromatic heterocycles. The van der Waals surface area contributed by atoms with Gasteiger partial charge in [-0.05, 0) is 37.0 Å². The Morgan fingerprint density at radius 3 is 2.55 bits per heavy atom. The average Bonchev–Trinajstić information content (AvgIpc) is 2.39. The number of carbonyl (C=O) groups is 1. The molecule has 1 aliphatic heterocycles. The molecule has 4 N–H and O–H groups in total. The van der Waals surface area contributed by atoms with Crippen LogP contribution in [0.3, 0.4) is 0 Å². The lowest BCUT2D eigenvalue weighted by Crippen LogP contribution is -2.35. The molecule has 0 spiro atoms. The zero-order chi connectivity index (χ0) is 14.7. The monoisotopic (exact) mass is 283 g/mol. The fourth-order valence-electron chi connectivity index (χ4n) is 2.70. The molecule has 4 nitrogen and oxygen atoms in total. The molecule has 20 heavy (non-hydrogen) atoms. The van der Waals surface area contributed by atoms with Crippen molar-refractivity contribution in [2.24, 2.45) is 11.7 Å². The molecule has 110 valence electrons. The number of carbonyl (C=O) groups excluding carboxylic acids is 1. The molecular weight excluding hydrogens is 264 g/mol. The van der Waals surface area contributed by atoms with Gasteiger partial charge in [0.15, 0.2) is 0 Å². The van der Waals surface area contributed by atoms with Crippen LogP contribution >= 0.6 is 0 Å². The summed E-state index contributed by atoms with van der Waals surface area (Å²) in [4.78, 5) is 12.8. The number of anilines is 2. The number of alkyl halides is 2. The summed E-state index contributed by atoms with van der Waals surface area (Å²) in [6, 6.07) is 4.61. The number of nitrogens with two attached hydrogens (primary N) is 2. The molecule has 1 aliphatic rings. The highest BCUT2D eigenvalue weighted by molar-refractivity contribution is 5.74. The smallest absolute Gasteiger partial charge is 0.265 e. The Kier molecular flexibility index (Phi) is 4.42. The van der Waals surface area contributed by atoms with E-state index in [1.54, 1.807) is 12.1 Å². The standard InChI is InChI=1S/C14H19F2N3O/c15-14(16)11-8-10(17)1-2-12(11)19-5-3-9(4-6-19)7-13(18)20/h1-2,8-9,14H,3-7,17H2,(H2,18,20). The van der Waals surface area contributed by atoms with Crippen molar-refractivity contribution in [3.63, 3.8) is 0 Å². The molecule has 1 saturated heterocycles. The predicted molar refractivity (Wildman–Crippen MR) is 74.6 cm³/mol. The van der Waals surface area contributed by atoms with E-state index < -0.39 is 6.43 Å². The minimum Gasteiger partial charge on any atom is -0.399 e. The third-order valence-corrected chi connectivity index (χ3v) is 3.73. The van der Waals surface area contributed by atoms with Crippen LogP contribution in [0.15, 0.2) is 18.2 Å². The van der Waals surface area contributed by atoms with Crippen molar-refractivity contribution < 1.29 is 13.6 Å². The molecule has 0 saturated carbocycles. The van der Waals surface area contributed by atoms with Gasteiger partial charge in [0.25, 0.3) is 6.43 Å². The Morgan fingerprint density at radius 2 is 2.00 bits per heavy atom. The molecule has 0 radical (unpaired) electrons. The molecule has 6 heteroatoms. The lowest BCUT2D eigenvalue weighted by atomic mass is 9.92. The second-order valence-corrected chi connectivity index (χ2v) is 5.22. The van der Waals surface area contributed by atoms with Gasteiger partial charge in [-0.15, -0.1) is 0 Å². The maximum atomic E-state index is 13.1. The number of piperidine rings is 1. The van der Waals surface area contributed by atoms with Gasteiger partial charge in [0.1, 0.15) is 0 Å². The van der Waals surface area contributed by atoms with Crippen molar-refractivity contribution in [3.05, 3.63) is 23.8 Å². The van der Waals surface area contributed by atoms with E-state index in [4.69, 9.17) is 11.5 Å². The number of rotatable bonds is 4. The van der Waals surface area contributed by atoms with Gasteiger partial charge in [-0.2, -0.15) is 0 Å². The van der Waals surface area contributed by atoms with Gasteiger partial charge < -0.3 is 16.4 Å². The molecule has 0 atom stereocenters. The second-order valence-electron chi connectivity index (χ2n) is 5.22. The number of nitrogen functional groups attached to an aromatic ring is 1. The highest BCUT2D eigenvalue weighted by atomic mass is 19.3. The Labute approximate surface area is 116 Å². The van der Waals surface area contributed by atoms with E-state index in [2.05, 4.69) is 0 Å². The van der Waals surface area contributed by atoms with Crippen LogP contribution in [0.5, 0.6) is 0 Å². The van der Waals surface area contributed by atoms with Gasteiger partial charge >= 0.3 is 0 Å². The third kappa shape index (κ3) is 3.37. The fourth-order valence-corrected chi connectivity index (χ4v) is 2.70. The quantitative estimate of drug-likeness (QED) is 0.833. The molecule has 1 aromatic rings. The van der Waals surface area contributed by atoms with Gasteiger partial charge in [0, 0.05) is 36.4 Å². The van der Waals surface area contributed by atoms with Crippen LogP contribution in [-0.4, -0.2) is 19.0 Å². The topological polar surface area (TPSA) is 72.4 Å². The van der Waals surface area contributed by atoms with Crippen LogP contribution in [0.25, 0.3) is 0 Å². The lowest BCUT2D eigenvalue weighted by Gasteiger charge is -2.34. The predicted octanol–water partition coefficient (Wildman–Crippen LogP) is 2.30. The zero-order valence-electron chi connectivity index (χ0n) is 11.2. The summed E-state index contributed by atoms with van der Waals surface area (Å²) in [5, 5.41) is 0. The molecule has 1 amide bonds. The molecule has 0 unspecified atom stereocenters. The summed E-state index contributed by atoms with van der Waals surface area (Å²) in [6.07, 6.45) is -0.597. The zero-order valence-corrected chi connectivity index (χ0v) is 11.2. The second kappa shape index (κ2) is 6.07. The average molecular weight is 283 g/mol. The Bertz CT molecular complexity index is 485. The first-order valence-corrected chi connectivity index (χ1v) is 6.68. The van der Waals surface area contributed by atoms with Gasteiger partial charge in [-0.25, -0.2) is 8.78 Å². The van der Waals surface area contributed by atoms with Crippen LogP contribution in [0, 0.1) is 5.92 Å². The Morgan fingerprint density at radius 1 is 1.35 bits per heavy atom. The normalized spacial score (nSPS) is 16.6. The van der Waals surface area contributed by atoms with Crippen LogP contribution in [-0.2, 0) is 4.79 Å². The molecule has 1 fully saturated rings. The van der Waals surface area contributed by atoms with Crippen molar-refractivity contribution >= 4 is 17.3 Å². The summed E-state index contributed by atoms with van der Waals surface area (Å²) < 4.78 is 26.1.